The summed E-state index contributed by atoms with van der Waals surface area (Å²) >= 11 is 1.28. The van der Waals surface area contributed by atoms with Crippen LogP contribution in [0.15, 0.2) is 94.2 Å². The molecule has 0 radical (unpaired) electrons. The molecule has 0 aliphatic carbocycles. The summed E-state index contributed by atoms with van der Waals surface area (Å²) in [5.74, 6) is 0.881. The first kappa shape index (κ1) is 27.1. The molecule has 7 nitrogen and oxygen atoms in total. The molecule has 0 saturated carbocycles. The molecule has 0 amide bonds. The number of esters is 1. The van der Waals surface area contributed by atoms with Crippen LogP contribution in [0.1, 0.15) is 43.5 Å². The van der Waals surface area contributed by atoms with Crippen molar-refractivity contribution < 1.29 is 19.0 Å². The Bertz CT molecular complexity index is 1730. The first-order valence-electron chi connectivity index (χ1n) is 13.1. The third kappa shape index (κ3) is 5.49. The highest BCUT2D eigenvalue weighted by atomic mass is 32.1. The Morgan fingerprint density at radius 3 is 2.45 bits per heavy atom. The van der Waals surface area contributed by atoms with E-state index in [1.54, 1.807) is 18.6 Å². The third-order valence-electron chi connectivity index (χ3n) is 6.33. The van der Waals surface area contributed by atoms with E-state index in [4.69, 9.17) is 19.2 Å². The average Bonchev–Trinajstić information content (AvgIpc) is 3.27. The van der Waals surface area contributed by atoms with Gasteiger partial charge in [0.05, 0.1) is 41.7 Å². The van der Waals surface area contributed by atoms with E-state index in [0.717, 1.165) is 22.4 Å². The first-order valence-corrected chi connectivity index (χ1v) is 13.9. The van der Waals surface area contributed by atoms with E-state index in [1.807, 2.05) is 98.8 Å². The minimum Gasteiger partial charge on any atom is -0.497 e. The van der Waals surface area contributed by atoms with Gasteiger partial charge in [0.2, 0.25) is 0 Å². The number of carbonyl (C=O) groups excluding carboxylic acids is 1. The predicted molar refractivity (Wildman–Crippen MR) is 156 cm³/mol. The van der Waals surface area contributed by atoms with Crippen molar-refractivity contribution in [2.45, 2.75) is 32.9 Å². The molecule has 0 bridgehead atoms. The van der Waals surface area contributed by atoms with Crippen LogP contribution in [-0.2, 0) is 9.53 Å². The van der Waals surface area contributed by atoms with Gasteiger partial charge in [-0.05, 0) is 62.2 Å². The van der Waals surface area contributed by atoms with E-state index >= 15 is 0 Å². The number of aromatic nitrogens is 1. The lowest BCUT2D eigenvalue weighted by Gasteiger charge is -2.26. The van der Waals surface area contributed by atoms with Crippen molar-refractivity contribution in [3.8, 4) is 11.5 Å². The van der Waals surface area contributed by atoms with Crippen LogP contribution in [0.4, 0.5) is 0 Å². The summed E-state index contributed by atoms with van der Waals surface area (Å²) in [5.41, 5.74) is 2.89. The van der Waals surface area contributed by atoms with Crippen molar-refractivity contribution in [2.75, 3.05) is 13.7 Å². The molecule has 0 N–H and O–H groups in total. The summed E-state index contributed by atoms with van der Waals surface area (Å²) in [4.78, 5) is 32.9. The lowest BCUT2D eigenvalue weighted by molar-refractivity contribution is -0.138. The summed E-state index contributed by atoms with van der Waals surface area (Å²) < 4.78 is 18.8. The zero-order chi connectivity index (χ0) is 28.2. The average molecular weight is 555 g/mol. The molecule has 1 aliphatic rings. The summed E-state index contributed by atoms with van der Waals surface area (Å²) in [7, 11) is 1.59. The molecule has 1 atom stereocenters. The van der Waals surface area contributed by atoms with Crippen LogP contribution in [0.5, 0.6) is 11.5 Å². The van der Waals surface area contributed by atoms with Crippen molar-refractivity contribution in [3.05, 3.63) is 121 Å². The molecule has 2 heterocycles. The van der Waals surface area contributed by atoms with Gasteiger partial charge in [-0.2, -0.15) is 0 Å². The predicted octanol–water partition coefficient (Wildman–Crippen LogP) is 4.73. The largest absolute Gasteiger partial charge is 0.497 e. The maximum Gasteiger partial charge on any atom is 0.338 e. The first-order chi connectivity index (χ1) is 19.4. The van der Waals surface area contributed by atoms with Gasteiger partial charge in [-0.25, -0.2) is 9.79 Å². The highest BCUT2D eigenvalue weighted by Crippen LogP contribution is 2.35. The third-order valence-corrected chi connectivity index (χ3v) is 7.32. The van der Waals surface area contributed by atoms with Crippen molar-refractivity contribution in [1.29, 1.82) is 0 Å². The molecule has 0 saturated heterocycles. The fourth-order valence-electron chi connectivity index (χ4n) is 4.64. The highest BCUT2D eigenvalue weighted by molar-refractivity contribution is 7.07. The minimum absolute atomic E-state index is 0.0303. The maximum atomic E-state index is 14.0. The van der Waals surface area contributed by atoms with Gasteiger partial charge in [0.15, 0.2) is 4.80 Å². The Kier molecular flexibility index (Phi) is 7.98. The summed E-state index contributed by atoms with van der Waals surface area (Å²) in [6, 6.07) is 23.7. The molecule has 0 fully saturated rings. The molecule has 0 unspecified atom stereocenters. The number of ether oxygens (including phenoxy) is 3. The van der Waals surface area contributed by atoms with Crippen LogP contribution in [0.3, 0.4) is 0 Å². The molecular weight excluding hydrogens is 524 g/mol. The van der Waals surface area contributed by atoms with Gasteiger partial charge in [0, 0.05) is 5.56 Å². The van der Waals surface area contributed by atoms with Crippen LogP contribution < -0.4 is 24.4 Å². The Balaban J connectivity index is 1.77. The van der Waals surface area contributed by atoms with E-state index in [9.17, 15) is 9.59 Å². The number of hydrogen-bond acceptors (Lipinski definition) is 7. The normalized spacial score (nSPS) is 15.0. The summed E-state index contributed by atoms with van der Waals surface area (Å²) in [5, 5.41) is 0. The Morgan fingerprint density at radius 1 is 1.02 bits per heavy atom. The van der Waals surface area contributed by atoms with Crippen LogP contribution >= 0.6 is 11.3 Å². The summed E-state index contributed by atoms with van der Waals surface area (Å²) in [6.45, 7) is 5.89. The van der Waals surface area contributed by atoms with Gasteiger partial charge in [0.25, 0.3) is 5.56 Å². The van der Waals surface area contributed by atoms with Crippen molar-refractivity contribution in [3.63, 3.8) is 0 Å². The van der Waals surface area contributed by atoms with Gasteiger partial charge in [0.1, 0.15) is 11.5 Å². The maximum absolute atomic E-state index is 14.0. The van der Waals surface area contributed by atoms with Crippen LogP contribution in [0.2, 0.25) is 0 Å². The van der Waals surface area contributed by atoms with Gasteiger partial charge >= 0.3 is 5.97 Å². The molecule has 204 valence electrons. The molecular formula is C32H30N2O5S. The fourth-order valence-corrected chi connectivity index (χ4v) is 5.64. The molecule has 3 aromatic carbocycles. The number of nitrogens with zero attached hydrogens (tertiary/aromatic N) is 2. The standard InChI is InChI=1S/C32H30N2O5S/c1-5-38-31(36)27-28(22-11-7-6-8-12-22)33-32-34(29(27)23-14-16-24(37-4)17-15-23)30(35)26(40-32)19-21-10-9-13-25(18-21)39-20(2)3/h6-20,29H,5H2,1-4H3/b26-19-/t29-/m0/s1. The van der Waals surface area contributed by atoms with Crippen molar-refractivity contribution in [2.24, 2.45) is 4.99 Å². The van der Waals surface area contributed by atoms with Crippen LogP contribution in [0.25, 0.3) is 11.8 Å². The monoisotopic (exact) mass is 554 g/mol. The Hall–Kier alpha value is -4.43. The lowest BCUT2D eigenvalue weighted by atomic mass is 9.93. The fraction of sp³-hybridized carbons (Fsp3) is 0.219. The number of thiazole rings is 1. The second-order valence-electron chi connectivity index (χ2n) is 9.44. The number of hydrogen-bond donors (Lipinski definition) is 0. The van der Waals surface area contributed by atoms with Crippen molar-refractivity contribution in [1.82, 2.24) is 4.57 Å². The molecule has 1 aromatic heterocycles. The zero-order valence-electron chi connectivity index (χ0n) is 22.8. The van der Waals surface area contributed by atoms with Crippen molar-refractivity contribution >= 4 is 29.1 Å². The second kappa shape index (κ2) is 11.8. The molecule has 40 heavy (non-hydrogen) atoms. The molecule has 4 aromatic rings. The van der Waals surface area contributed by atoms with E-state index < -0.39 is 12.0 Å². The number of fused-ring (bicyclic) bond motifs is 1. The van der Waals surface area contributed by atoms with E-state index in [-0.39, 0.29) is 18.3 Å². The minimum atomic E-state index is -0.742. The number of rotatable bonds is 8. The molecule has 5 rings (SSSR count). The second-order valence-corrected chi connectivity index (χ2v) is 10.5. The molecule has 1 aliphatic heterocycles. The number of methoxy groups -OCH3 is 1. The lowest BCUT2D eigenvalue weighted by Crippen LogP contribution is -2.40. The number of benzene rings is 3. The topological polar surface area (TPSA) is 79.1 Å². The number of carbonyl (C=O) groups is 1. The SMILES string of the molecule is CCOC(=O)C1=C(c2ccccc2)N=c2s/c(=C\c3cccc(OC(C)C)c3)c(=O)n2[C@H]1c1ccc(OC)cc1. The van der Waals surface area contributed by atoms with Crippen LogP contribution in [0, 0.1) is 0 Å². The smallest absolute Gasteiger partial charge is 0.338 e. The van der Waals surface area contributed by atoms with E-state index in [2.05, 4.69) is 0 Å². The summed E-state index contributed by atoms with van der Waals surface area (Å²) in [6.07, 6.45) is 1.86. The molecule has 0 spiro atoms. The highest BCUT2D eigenvalue weighted by Gasteiger charge is 2.35. The quantitative estimate of drug-likeness (QED) is 0.294. The molecule has 8 heteroatoms. The Morgan fingerprint density at radius 2 is 1.77 bits per heavy atom. The van der Waals surface area contributed by atoms with E-state index in [1.165, 1.54) is 11.3 Å². The van der Waals surface area contributed by atoms with Gasteiger partial charge in [-0.3, -0.25) is 9.36 Å². The van der Waals surface area contributed by atoms with Gasteiger partial charge in [-0.1, -0.05) is 65.9 Å². The van der Waals surface area contributed by atoms with Gasteiger partial charge < -0.3 is 14.2 Å². The van der Waals surface area contributed by atoms with Gasteiger partial charge in [-0.15, -0.1) is 0 Å². The Labute approximate surface area is 236 Å². The van der Waals surface area contributed by atoms with Crippen LogP contribution in [-0.4, -0.2) is 30.4 Å². The zero-order valence-corrected chi connectivity index (χ0v) is 23.6. The van der Waals surface area contributed by atoms with E-state index in [0.29, 0.717) is 26.4 Å².